The smallest absolute Gasteiger partial charge is 0.185 e. The Morgan fingerprint density at radius 1 is 1.11 bits per heavy atom. The summed E-state index contributed by atoms with van der Waals surface area (Å²) in [5, 5.41) is 4.30. The molecule has 18 heavy (non-hydrogen) atoms. The fraction of sp³-hybridized carbons (Fsp3) is 0.0769. The highest BCUT2D eigenvalue weighted by Crippen LogP contribution is 2.20. The van der Waals surface area contributed by atoms with Gasteiger partial charge in [-0.2, -0.15) is 0 Å². The third-order valence-corrected chi connectivity index (χ3v) is 2.76. The molecule has 90 valence electrons. The molecule has 0 aliphatic rings. The lowest BCUT2D eigenvalue weighted by Crippen LogP contribution is -2.04. The minimum atomic E-state index is -0.331. The molecule has 0 spiro atoms. The fourth-order valence-corrected chi connectivity index (χ4v) is 1.87. The molecule has 0 aliphatic carbocycles. The first-order chi connectivity index (χ1) is 8.79. The standard InChI is InChI=1S/C13H11FN4/c14-11-6-2-1-5-10(11)13-16-12-7-3-4-9(8-15)18(12)17-13/h1-7H,8,15H2. The van der Waals surface area contributed by atoms with Gasteiger partial charge in [-0.25, -0.2) is 13.9 Å². The maximum Gasteiger partial charge on any atom is 0.185 e. The van der Waals surface area contributed by atoms with Crippen LogP contribution in [0.15, 0.2) is 42.5 Å². The highest BCUT2D eigenvalue weighted by Gasteiger charge is 2.11. The quantitative estimate of drug-likeness (QED) is 0.747. The van der Waals surface area contributed by atoms with Crippen LogP contribution in [-0.2, 0) is 6.54 Å². The molecule has 0 atom stereocenters. The Balaban J connectivity index is 2.23. The Morgan fingerprint density at radius 3 is 2.72 bits per heavy atom. The Morgan fingerprint density at radius 2 is 1.94 bits per heavy atom. The highest BCUT2D eigenvalue weighted by atomic mass is 19.1. The van der Waals surface area contributed by atoms with Crippen molar-refractivity contribution in [1.29, 1.82) is 0 Å². The predicted octanol–water partition coefficient (Wildman–Crippen LogP) is 1.99. The normalized spacial score (nSPS) is 11.0. The first-order valence-electron chi connectivity index (χ1n) is 5.59. The molecule has 2 aromatic heterocycles. The monoisotopic (exact) mass is 242 g/mol. The second-order valence-corrected chi connectivity index (χ2v) is 3.91. The van der Waals surface area contributed by atoms with Crippen molar-refractivity contribution >= 4 is 5.65 Å². The van der Waals surface area contributed by atoms with E-state index in [-0.39, 0.29) is 5.82 Å². The molecule has 3 rings (SSSR count). The summed E-state index contributed by atoms with van der Waals surface area (Å²) in [7, 11) is 0. The summed E-state index contributed by atoms with van der Waals surface area (Å²) in [6.07, 6.45) is 0. The van der Waals surface area contributed by atoms with E-state index in [1.807, 2.05) is 18.2 Å². The molecule has 2 N–H and O–H groups in total. The van der Waals surface area contributed by atoms with Crippen LogP contribution >= 0.6 is 0 Å². The molecule has 1 aromatic carbocycles. The summed E-state index contributed by atoms with van der Waals surface area (Å²) in [6.45, 7) is 0.359. The number of fused-ring (bicyclic) bond motifs is 1. The Hall–Kier alpha value is -2.27. The second kappa shape index (κ2) is 4.19. The van der Waals surface area contributed by atoms with Gasteiger partial charge in [-0.3, -0.25) is 0 Å². The highest BCUT2D eigenvalue weighted by molar-refractivity contribution is 5.58. The molecule has 5 heteroatoms. The summed E-state index contributed by atoms with van der Waals surface area (Å²) >= 11 is 0. The number of aromatic nitrogens is 3. The molecule has 3 aromatic rings. The largest absolute Gasteiger partial charge is 0.325 e. The fourth-order valence-electron chi connectivity index (χ4n) is 1.87. The van der Waals surface area contributed by atoms with Crippen LogP contribution in [-0.4, -0.2) is 14.6 Å². The molecular weight excluding hydrogens is 231 g/mol. The first-order valence-corrected chi connectivity index (χ1v) is 5.59. The van der Waals surface area contributed by atoms with Gasteiger partial charge in [0.2, 0.25) is 0 Å². The number of halogens is 1. The molecule has 0 aliphatic heterocycles. The van der Waals surface area contributed by atoms with Crippen LogP contribution in [0.3, 0.4) is 0 Å². The van der Waals surface area contributed by atoms with E-state index >= 15 is 0 Å². The molecule has 0 unspecified atom stereocenters. The van der Waals surface area contributed by atoms with E-state index < -0.39 is 0 Å². The second-order valence-electron chi connectivity index (χ2n) is 3.91. The summed E-state index contributed by atoms with van der Waals surface area (Å²) in [4.78, 5) is 4.31. The average molecular weight is 242 g/mol. The average Bonchev–Trinajstić information content (AvgIpc) is 2.82. The number of rotatable bonds is 2. The predicted molar refractivity (Wildman–Crippen MR) is 66.3 cm³/mol. The third-order valence-electron chi connectivity index (χ3n) is 2.76. The molecule has 0 saturated carbocycles. The molecule has 0 saturated heterocycles. The van der Waals surface area contributed by atoms with Crippen molar-refractivity contribution in [3.05, 3.63) is 54.0 Å². The molecular formula is C13H11FN4. The molecule has 2 heterocycles. The zero-order chi connectivity index (χ0) is 12.5. The molecule has 0 fully saturated rings. The summed E-state index contributed by atoms with van der Waals surface area (Å²) in [5.74, 6) is 0.0386. The van der Waals surface area contributed by atoms with Gasteiger partial charge < -0.3 is 5.73 Å². The van der Waals surface area contributed by atoms with Gasteiger partial charge in [0.1, 0.15) is 5.82 Å². The van der Waals surface area contributed by atoms with E-state index in [1.165, 1.54) is 6.07 Å². The van der Waals surface area contributed by atoms with Crippen LogP contribution in [0.25, 0.3) is 17.0 Å². The topological polar surface area (TPSA) is 56.2 Å². The van der Waals surface area contributed by atoms with Crippen LogP contribution in [0, 0.1) is 5.82 Å². The van der Waals surface area contributed by atoms with E-state index in [9.17, 15) is 4.39 Å². The van der Waals surface area contributed by atoms with Crippen molar-refractivity contribution in [1.82, 2.24) is 14.6 Å². The van der Waals surface area contributed by atoms with Gasteiger partial charge in [-0.1, -0.05) is 18.2 Å². The van der Waals surface area contributed by atoms with Crippen molar-refractivity contribution in [2.45, 2.75) is 6.54 Å². The van der Waals surface area contributed by atoms with Gasteiger partial charge in [-0.15, -0.1) is 5.10 Å². The Kier molecular flexibility index (Phi) is 2.53. The van der Waals surface area contributed by atoms with Crippen molar-refractivity contribution in [2.24, 2.45) is 5.73 Å². The van der Waals surface area contributed by atoms with E-state index in [1.54, 1.807) is 22.7 Å². The lowest BCUT2D eigenvalue weighted by atomic mass is 10.2. The van der Waals surface area contributed by atoms with Gasteiger partial charge in [0.25, 0.3) is 0 Å². The van der Waals surface area contributed by atoms with Crippen LogP contribution in [0.1, 0.15) is 5.69 Å². The molecule has 0 radical (unpaired) electrons. The zero-order valence-corrected chi connectivity index (χ0v) is 9.55. The van der Waals surface area contributed by atoms with Crippen LogP contribution in [0.4, 0.5) is 4.39 Å². The van der Waals surface area contributed by atoms with Gasteiger partial charge >= 0.3 is 0 Å². The number of benzene rings is 1. The Bertz CT molecular complexity index is 705. The minimum Gasteiger partial charge on any atom is -0.325 e. The lowest BCUT2D eigenvalue weighted by Gasteiger charge is -1.98. The van der Waals surface area contributed by atoms with E-state index in [0.717, 1.165) is 5.69 Å². The van der Waals surface area contributed by atoms with E-state index in [2.05, 4.69) is 10.1 Å². The van der Waals surface area contributed by atoms with Gasteiger partial charge in [-0.05, 0) is 24.3 Å². The van der Waals surface area contributed by atoms with Gasteiger partial charge in [0, 0.05) is 6.54 Å². The lowest BCUT2D eigenvalue weighted by molar-refractivity contribution is 0.630. The third kappa shape index (κ3) is 1.65. The molecule has 0 amide bonds. The number of hydrogen-bond donors (Lipinski definition) is 1. The van der Waals surface area contributed by atoms with Crippen molar-refractivity contribution in [2.75, 3.05) is 0 Å². The van der Waals surface area contributed by atoms with Crippen LogP contribution in [0.5, 0.6) is 0 Å². The Labute approximate surface area is 103 Å². The number of nitrogens with two attached hydrogens (primary N) is 1. The molecule has 4 nitrogen and oxygen atoms in total. The van der Waals surface area contributed by atoms with E-state index in [4.69, 9.17) is 5.73 Å². The summed E-state index contributed by atoms with van der Waals surface area (Å²) in [5.41, 5.74) is 7.52. The number of pyridine rings is 1. The number of hydrogen-bond acceptors (Lipinski definition) is 3. The maximum atomic E-state index is 13.7. The summed E-state index contributed by atoms with van der Waals surface area (Å²) < 4.78 is 15.3. The zero-order valence-electron chi connectivity index (χ0n) is 9.55. The maximum absolute atomic E-state index is 13.7. The van der Waals surface area contributed by atoms with Gasteiger partial charge in [0.05, 0.1) is 11.3 Å². The number of nitrogens with zero attached hydrogens (tertiary/aromatic N) is 3. The van der Waals surface area contributed by atoms with Crippen LogP contribution in [0.2, 0.25) is 0 Å². The van der Waals surface area contributed by atoms with Gasteiger partial charge in [0.15, 0.2) is 11.5 Å². The van der Waals surface area contributed by atoms with Crippen LogP contribution < -0.4 is 5.73 Å². The van der Waals surface area contributed by atoms with Crippen molar-refractivity contribution in [3.8, 4) is 11.4 Å². The van der Waals surface area contributed by atoms with E-state index in [0.29, 0.717) is 23.6 Å². The van der Waals surface area contributed by atoms with Crippen molar-refractivity contribution in [3.63, 3.8) is 0 Å². The first kappa shape index (κ1) is 10.9. The minimum absolute atomic E-state index is 0.331. The van der Waals surface area contributed by atoms with Crippen molar-refractivity contribution < 1.29 is 4.39 Å². The summed E-state index contributed by atoms with van der Waals surface area (Å²) in [6, 6.07) is 12.0. The molecule has 0 bridgehead atoms. The SMILES string of the molecule is NCc1cccc2nc(-c3ccccc3F)nn12.